The molecule has 8 heteroatoms. The summed E-state index contributed by atoms with van der Waals surface area (Å²) < 4.78 is 8.82. The lowest BCUT2D eigenvalue weighted by Gasteiger charge is -2.08. The number of hydrogen-bond acceptors (Lipinski definition) is 3. The second-order valence-electron chi connectivity index (χ2n) is 2.41. The first-order valence-corrected chi connectivity index (χ1v) is 6.96. The van der Waals surface area contributed by atoms with E-state index in [1.807, 2.05) is 30.3 Å². The molecular formula is C6H9N4OP3. The number of benzene rings is 1. The third-order valence-electron chi connectivity index (χ3n) is 1.45. The predicted molar refractivity (Wildman–Crippen MR) is 61.5 cm³/mol. The zero-order valence-electron chi connectivity index (χ0n) is 7.16. The number of hydrogen-bond donors (Lipinski definition) is 2. The fourth-order valence-electron chi connectivity index (χ4n) is 0.858. The number of para-hydroxylation sites is 1. The highest BCUT2D eigenvalue weighted by Gasteiger charge is 1.96. The van der Waals surface area contributed by atoms with E-state index in [9.17, 15) is 0 Å². The van der Waals surface area contributed by atoms with Crippen molar-refractivity contribution in [2.45, 2.75) is 0 Å². The fourth-order valence-corrected chi connectivity index (χ4v) is 4.10. The van der Waals surface area contributed by atoms with E-state index in [2.05, 4.69) is 9.02 Å². The van der Waals surface area contributed by atoms with Gasteiger partial charge in [-0.3, -0.25) is 10.0 Å². The predicted octanol–water partition coefficient (Wildman–Crippen LogP) is 2.49. The van der Waals surface area contributed by atoms with Crippen molar-refractivity contribution in [1.29, 1.82) is 0 Å². The Morgan fingerprint density at radius 3 is 3.00 bits per heavy atom. The van der Waals surface area contributed by atoms with Crippen molar-refractivity contribution in [2.75, 3.05) is 5.50 Å². The van der Waals surface area contributed by atoms with Crippen LogP contribution in [0.25, 0.3) is 0 Å². The highest BCUT2D eigenvalue weighted by atomic mass is 31.2. The molecule has 0 spiro atoms. The van der Waals surface area contributed by atoms with Gasteiger partial charge in [-0.15, -0.1) is 4.26 Å². The SMILES string of the molecule is Np1[nH][pH]npn1Oc1ccccc1. The van der Waals surface area contributed by atoms with Gasteiger partial charge >= 0.3 is 0 Å². The van der Waals surface area contributed by atoms with E-state index >= 15 is 0 Å². The van der Waals surface area contributed by atoms with Gasteiger partial charge in [0.2, 0.25) is 0 Å². The van der Waals surface area contributed by atoms with Crippen molar-refractivity contribution in [1.82, 2.24) is 13.3 Å². The number of H-pyrrole nitrogens is 1. The molecule has 74 valence electrons. The molecular weight excluding hydrogens is 237 g/mol. The summed E-state index contributed by atoms with van der Waals surface area (Å²) in [5.41, 5.74) is 5.82. The molecule has 0 amide bonds. The molecule has 5 nitrogen and oxygen atoms in total. The maximum atomic E-state index is 5.82. The van der Waals surface area contributed by atoms with Crippen LogP contribution in [0.4, 0.5) is 0 Å². The van der Waals surface area contributed by atoms with E-state index in [-0.39, 0.29) is 0 Å². The van der Waals surface area contributed by atoms with Crippen molar-refractivity contribution < 1.29 is 4.84 Å². The average molecular weight is 246 g/mol. The van der Waals surface area contributed by atoms with Gasteiger partial charge in [0.15, 0.2) is 14.3 Å². The molecule has 0 saturated carbocycles. The first-order chi connectivity index (χ1) is 6.86. The third kappa shape index (κ3) is 2.40. The minimum Gasteiger partial charge on any atom is -0.365 e. The van der Waals surface area contributed by atoms with Gasteiger partial charge < -0.3 is 4.84 Å². The van der Waals surface area contributed by atoms with Gasteiger partial charge in [0.1, 0.15) is 8.00 Å². The lowest BCUT2D eigenvalue weighted by atomic mass is 10.3. The summed E-state index contributed by atoms with van der Waals surface area (Å²) in [6.07, 6.45) is 0. The molecule has 0 radical (unpaired) electrons. The van der Waals surface area contributed by atoms with Crippen molar-refractivity contribution in [3.8, 4) is 5.75 Å². The van der Waals surface area contributed by atoms with Crippen LogP contribution in [-0.2, 0) is 0 Å². The summed E-state index contributed by atoms with van der Waals surface area (Å²) in [5.74, 6) is 0.778. The van der Waals surface area contributed by atoms with Crippen molar-refractivity contribution in [2.24, 2.45) is 0 Å². The number of nitrogens with one attached hydrogen (secondary N) is 1. The Morgan fingerprint density at radius 1 is 1.50 bits per heavy atom. The topological polar surface area (TPSA) is 68.9 Å². The molecule has 3 N–H and O–H groups in total. The molecule has 1 aromatic carbocycles. The van der Waals surface area contributed by atoms with E-state index < -0.39 is 8.00 Å². The fraction of sp³-hybridized carbons (Fsp3) is 0. The van der Waals surface area contributed by atoms with Gasteiger partial charge in [0.05, 0.1) is 0 Å². The smallest absolute Gasteiger partial charge is 0.184 e. The van der Waals surface area contributed by atoms with E-state index in [4.69, 9.17) is 10.3 Å². The minimum absolute atomic E-state index is 0.373. The molecule has 1 heterocycles. The van der Waals surface area contributed by atoms with Crippen molar-refractivity contribution in [3.63, 3.8) is 0 Å². The summed E-state index contributed by atoms with van der Waals surface area (Å²) in [6.45, 7) is 0. The monoisotopic (exact) mass is 246 g/mol. The maximum Gasteiger partial charge on any atom is 0.184 e. The van der Waals surface area contributed by atoms with E-state index in [0.717, 1.165) is 14.3 Å². The van der Waals surface area contributed by atoms with Gasteiger partial charge in [0, 0.05) is 8.51 Å². The zero-order valence-corrected chi connectivity index (χ0v) is 9.95. The number of rotatable bonds is 2. The lowest BCUT2D eigenvalue weighted by molar-refractivity contribution is 0.275. The summed E-state index contributed by atoms with van der Waals surface area (Å²) in [7, 11) is 0.234. The average Bonchev–Trinajstić information content (AvgIpc) is 2.23. The quantitative estimate of drug-likeness (QED) is 0.855. The number of aromatic nitrogens is 3. The normalized spacial score (nSPS) is 12.2. The Balaban J connectivity index is 2.24. The second kappa shape index (κ2) is 4.68. The molecule has 2 aromatic rings. The Hall–Kier alpha value is -0.720. The molecule has 0 aliphatic rings. The summed E-state index contributed by atoms with van der Waals surface area (Å²) in [6, 6.07) is 9.55. The Morgan fingerprint density at radius 2 is 2.29 bits per heavy atom. The lowest BCUT2D eigenvalue weighted by Crippen LogP contribution is -2.03. The number of nitrogens with zero attached hydrogens (tertiary/aromatic N) is 2. The number of nitrogen functional groups attached to an aromatic ring is 1. The number of aromatic amines is 1. The highest BCUT2D eigenvalue weighted by molar-refractivity contribution is 7.53. The van der Waals surface area contributed by atoms with Gasteiger partial charge in [-0.1, -0.05) is 18.2 Å². The molecule has 0 saturated heterocycles. The highest BCUT2D eigenvalue weighted by Crippen LogP contribution is 2.22. The van der Waals surface area contributed by atoms with E-state index in [1.54, 1.807) is 4.26 Å². The van der Waals surface area contributed by atoms with Crippen LogP contribution < -0.4 is 10.3 Å². The van der Waals surface area contributed by atoms with Crippen LogP contribution in [0.3, 0.4) is 0 Å². The van der Waals surface area contributed by atoms with Crippen LogP contribution in [-0.4, -0.2) is 13.3 Å². The molecule has 14 heavy (non-hydrogen) atoms. The molecule has 0 aliphatic carbocycles. The molecule has 0 aliphatic heterocycles. The minimum atomic E-state index is -0.911. The maximum absolute atomic E-state index is 5.82. The van der Waals surface area contributed by atoms with E-state index in [0.29, 0.717) is 8.51 Å². The first kappa shape index (κ1) is 9.82. The Labute approximate surface area is 85.3 Å². The Bertz CT molecular complexity index is 426. The molecule has 0 bridgehead atoms. The molecule has 1 aromatic heterocycles. The number of nitrogens with two attached hydrogens (primary N) is 1. The standard InChI is InChI=1S/C6H9N4OP3/c7-14-9-12-8-13-10(14)11-6-4-2-1-3-5-6/h1-5,9,12H,7H2. The molecule has 0 fully saturated rings. The summed E-state index contributed by atoms with van der Waals surface area (Å²) in [5, 5.41) is 0. The summed E-state index contributed by atoms with van der Waals surface area (Å²) >= 11 is 0. The van der Waals surface area contributed by atoms with Gasteiger partial charge in [-0.25, -0.2) is 0 Å². The van der Waals surface area contributed by atoms with Gasteiger partial charge in [0.25, 0.3) is 0 Å². The van der Waals surface area contributed by atoms with Crippen LogP contribution in [0.1, 0.15) is 0 Å². The van der Waals surface area contributed by atoms with Gasteiger partial charge in [-0.2, -0.15) is 4.51 Å². The molecule has 2 rings (SSSR count). The van der Waals surface area contributed by atoms with Crippen molar-refractivity contribution >= 4 is 25.0 Å². The van der Waals surface area contributed by atoms with Crippen LogP contribution in [0, 0.1) is 0 Å². The largest absolute Gasteiger partial charge is 0.365 e. The summed E-state index contributed by atoms with van der Waals surface area (Å²) in [4.78, 5) is 5.54. The second-order valence-corrected chi connectivity index (χ2v) is 6.24. The first-order valence-electron chi connectivity index (χ1n) is 3.85. The van der Waals surface area contributed by atoms with Gasteiger partial charge in [-0.05, 0) is 12.1 Å². The Kier molecular flexibility index (Phi) is 3.28. The molecule has 2 atom stereocenters. The zero-order chi connectivity index (χ0) is 9.80. The van der Waals surface area contributed by atoms with Crippen LogP contribution in [0.15, 0.2) is 30.3 Å². The third-order valence-corrected chi connectivity index (χ3v) is 5.03. The van der Waals surface area contributed by atoms with Crippen LogP contribution in [0.2, 0.25) is 0 Å². The van der Waals surface area contributed by atoms with Crippen LogP contribution >= 0.6 is 25.0 Å². The van der Waals surface area contributed by atoms with Crippen LogP contribution in [0.5, 0.6) is 5.75 Å². The van der Waals surface area contributed by atoms with E-state index in [1.165, 1.54) is 0 Å². The molecule has 2 unspecified atom stereocenters. The van der Waals surface area contributed by atoms with Crippen molar-refractivity contribution in [3.05, 3.63) is 30.3 Å².